The Bertz CT molecular complexity index is 1140. The smallest absolute Gasteiger partial charge is 0.208 e. The highest BCUT2D eigenvalue weighted by molar-refractivity contribution is 8.01. The van der Waals surface area contributed by atoms with Gasteiger partial charge in [-0.05, 0) is 36.6 Å². The molecule has 0 spiro atoms. The lowest BCUT2D eigenvalue weighted by molar-refractivity contribution is 0.111. The third-order valence-electron chi connectivity index (χ3n) is 3.74. The summed E-state index contributed by atoms with van der Waals surface area (Å²) in [5.41, 5.74) is 6.89. The van der Waals surface area contributed by atoms with Gasteiger partial charge >= 0.3 is 0 Å². The molecule has 0 fully saturated rings. The van der Waals surface area contributed by atoms with Gasteiger partial charge in [0.05, 0.1) is 24.6 Å². The van der Waals surface area contributed by atoms with Crippen LogP contribution in [0.1, 0.15) is 15.4 Å². The van der Waals surface area contributed by atoms with Crippen molar-refractivity contribution in [2.24, 2.45) is 5.73 Å². The zero-order valence-electron chi connectivity index (χ0n) is 14.2. The van der Waals surface area contributed by atoms with Crippen LogP contribution in [0.5, 0.6) is 0 Å². The number of carbonyl (C=O) groups excluding carboxylic acids is 1. The number of rotatable bonds is 6. The highest BCUT2D eigenvalue weighted by Gasteiger charge is 2.25. The van der Waals surface area contributed by atoms with Crippen molar-refractivity contribution in [1.82, 2.24) is 4.98 Å². The van der Waals surface area contributed by atoms with E-state index in [-0.39, 0.29) is 21.3 Å². The summed E-state index contributed by atoms with van der Waals surface area (Å²) in [5, 5.41) is 7.56. The number of sulfone groups is 1. The van der Waals surface area contributed by atoms with E-state index in [2.05, 4.69) is 4.98 Å². The number of thiophene rings is 1. The quantitative estimate of drug-likeness (QED) is 0.275. The molecule has 2 aromatic heterocycles. The van der Waals surface area contributed by atoms with Crippen LogP contribution >= 0.6 is 23.1 Å². The van der Waals surface area contributed by atoms with Gasteiger partial charge in [0.1, 0.15) is 11.5 Å². The van der Waals surface area contributed by atoms with E-state index in [4.69, 9.17) is 11.1 Å². The fourth-order valence-corrected chi connectivity index (χ4v) is 6.35. The summed E-state index contributed by atoms with van der Waals surface area (Å²) in [4.78, 5) is 15.8. The largest absolute Gasteiger partial charge is 0.383 e. The molecule has 3 aromatic rings. The SMILES string of the molecule is CSc1sc(C(=N)N)cc1S(=O)(=O)c1cccc(-c2cccc(C=O)n2)c1. The maximum Gasteiger partial charge on any atom is 0.208 e. The third-order valence-corrected chi connectivity index (χ3v) is 8.08. The van der Waals surface area contributed by atoms with Gasteiger partial charge in [-0.25, -0.2) is 13.4 Å². The molecule has 0 aliphatic rings. The number of nitrogens with two attached hydrogens (primary N) is 1. The van der Waals surface area contributed by atoms with E-state index in [0.717, 1.165) is 0 Å². The second-order valence-corrected chi connectivity index (χ2v) is 9.52. The van der Waals surface area contributed by atoms with Gasteiger partial charge in [0.25, 0.3) is 0 Å². The molecule has 27 heavy (non-hydrogen) atoms. The van der Waals surface area contributed by atoms with Gasteiger partial charge in [0.2, 0.25) is 9.84 Å². The summed E-state index contributed by atoms with van der Waals surface area (Å²) in [6, 6.07) is 12.8. The average molecular weight is 418 g/mol. The van der Waals surface area contributed by atoms with Crippen molar-refractivity contribution in [2.45, 2.75) is 14.0 Å². The molecule has 2 heterocycles. The van der Waals surface area contributed by atoms with Crippen LogP contribution in [0, 0.1) is 5.41 Å². The number of amidine groups is 1. The standard InChI is InChI=1S/C18H15N3O3S3/c1-25-18-16(9-15(26-18)17(19)20)27(23,24)13-6-2-4-11(8-13)14-7-3-5-12(10-22)21-14/h2-10H,1H3,(H3,19,20). The number of hydrogen-bond acceptors (Lipinski definition) is 7. The van der Waals surface area contributed by atoms with Gasteiger partial charge in [-0.3, -0.25) is 10.2 Å². The Morgan fingerprint density at radius 2 is 1.96 bits per heavy atom. The lowest BCUT2D eigenvalue weighted by Crippen LogP contribution is -2.08. The minimum Gasteiger partial charge on any atom is -0.383 e. The number of hydrogen-bond donors (Lipinski definition) is 2. The molecular formula is C18H15N3O3S3. The van der Waals surface area contributed by atoms with Crippen molar-refractivity contribution >= 4 is 45.1 Å². The lowest BCUT2D eigenvalue weighted by atomic mass is 10.1. The Balaban J connectivity index is 2.11. The van der Waals surface area contributed by atoms with Crippen molar-refractivity contribution in [1.29, 1.82) is 5.41 Å². The Morgan fingerprint density at radius 3 is 2.63 bits per heavy atom. The van der Waals surface area contributed by atoms with Gasteiger partial charge < -0.3 is 5.73 Å². The second kappa shape index (κ2) is 7.63. The molecule has 0 unspecified atom stereocenters. The van der Waals surface area contributed by atoms with Crippen molar-refractivity contribution < 1.29 is 13.2 Å². The molecule has 138 valence electrons. The third kappa shape index (κ3) is 3.80. The summed E-state index contributed by atoms with van der Waals surface area (Å²) < 4.78 is 26.9. The first-order valence-corrected chi connectivity index (χ1v) is 11.2. The topological polar surface area (TPSA) is 114 Å². The zero-order valence-corrected chi connectivity index (χ0v) is 16.6. The van der Waals surface area contributed by atoms with Gasteiger partial charge in [0, 0.05) is 5.56 Å². The lowest BCUT2D eigenvalue weighted by Gasteiger charge is -2.07. The van der Waals surface area contributed by atoms with Gasteiger partial charge in [-0.1, -0.05) is 18.2 Å². The van der Waals surface area contributed by atoms with Crippen LogP contribution in [0.3, 0.4) is 0 Å². The maximum absolute atomic E-state index is 13.2. The highest BCUT2D eigenvalue weighted by atomic mass is 32.2. The van der Waals surface area contributed by atoms with Crippen LogP contribution in [-0.4, -0.2) is 31.8 Å². The maximum atomic E-state index is 13.2. The summed E-state index contributed by atoms with van der Waals surface area (Å²) in [6.07, 6.45) is 2.42. The fourth-order valence-electron chi connectivity index (χ4n) is 2.45. The molecule has 6 nitrogen and oxygen atoms in total. The van der Waals surface area contributed by atoms with E-state index in [0.29, 0.717) is 26.6 Å². The molecule has 3 N–H and O–H groups in total. The van der Waals surface area contributed by atoms with Crippen LogP contribution in [-0.2, 0) is 9.84 Å². The Kier molecular flexibility index (Phi) is 5.45. The van der Waals surface area contributed by atoms with E-state index in [1.165, 1.54) is 41.3 Å². The van der Waals surface area contributed by atoms with Crippen molar-refractivity contribution in [3.05, 3.63) is 59.1 Å². The first-order chi connectivity index (χ1) is 12.9. The fraction of sp³-hybridized carbons (Fsp3) is 0.0556. The molecule has 9 heteroatoms. The number of pyridine rings is 1. The average Bonchev–Trinajstić information content (AvgIpc) is 3.14. The summed E-state index contributed by atoms with van der Waals surface area (Å²) in [6.45, 7) is 0. The van der Waals surface area contributed by atoms with Crippen LogP contribution in [0.2, 0.25) is 0 Å². The summed E-state index contributed by atoms with van der Waals surface area (Å²) in [7, 11) is -3.80. The summed E-state index contributed by atoms with van der Waals surface area (Å²) in [5.74, 6) is -0.166. The predicted octanol–water partition coefficient (Wildman–Crippen LogP) is 3.46. The zero-order chi connectivity index (χ0) is 19.6. The first kappa shape index (κ1) is 19.3. The van der Waals surface area contributed by atoms with Gasteiger partial charge in [-0.2, -0.15) is 0 Å². The van der Waals surface area contributed by atoms with E-state index in [1.54, 1.807) is 36.6 Å². The van der Waals surface area contributed by atoms with E-state index in [1.807, 2.05) is 0 Å². The number of nitrogens with zero attached hydrogens (tertiary/aromatic N) is 1. The number of benzene rings is 1. The number of aromatic nitrogens is 1. The van der Waals surface area contributed by atoms with Crippen LogP contribution in [0.4, 0.5) is 0 Å². The minimum absolute atomic E-state index is 0.113. The first-order valence-electron chi connectivity index (χ1n) is 7.67. The molecule has 0 aliphatic carbocycles. The van der Waals surface area contributed by atoms with Gasteiger partial charge in [0.15, 0.2) is 6.29 Å². The Labute approximate surface area is 164 Å². The normalized spacial score (nSPS) is 11.3. The molecule has 0 aliphatic heterocycles. The molecule has 0 saturated heterocycles. The van der Waals surface area contributed by atoms with E-state index in [9.17, 15) is 13.2 Å². The Morgan fingerprint density at radius 1 is 1.22 bits per heavy atom. The molecular weight excluding hydrogens is 402 g/mol. The molecule has 0 amide bonds. The monoisotopic (exact) mass is 417 g/mol. The van der Waals surface area contributed by atoms with Crippen molar-refractivity contribution in [3.8, 4) is 11.3 Å². The predicted molar refractivity (Wildman–Crippen MR) is 108 cm³/mol. The molecule has 0 radical (unpaired) electrons. The van der Waals surface area contributed by atoms with E-state index >= 15 is 0 Å². The van der Waals surface area contributed by atoms with E-state index < -0.39 is 9.84 Å². The number of aldehydes is 1. The number of thioether (sulfide) groups is 1. The number of nitrogen functional groups attached to an aromatic ring is 1. The van der Waals surface area contributed by atoms with Crippen molar-refractivity contribution in [3.63, 3.8) is 0 Å². The molecule has 3 rings (SSSR count). The van der Waals surface area contributed by atoms with Crippen molar-refractivity contribution in [2.75, 3.05) is 6.26 Å². The minimum atomic E-state index is -3.80. The van der Waals surface area contributed by atoms with Crippen LogP contribution in [0.15, 0.2) is 62.5 Å². The number of carbonyl (C=O) groups is 1. The van der Waals surface area contributed by atoms with Gasteiger partial charge in [-0.15, -0.1) is 23.1 Å². The molecule has 1 aromatic carbocycles. The Hall–Kier alpha value is -2.49. The molecule has 0 atom stereocenters. The number of nitrogens with one attached hydrogen (secondary N) is 1. The second-order valence-electron chi connectivity index (χ2n) is 5.48. The van der Waals surface area contributed by atoms with Crippen LogP contribution in [0.25, 0.3) is 11.3 Å². The molecule has 0 saturated carbocycles. The van der Waals surface area contributed by atoms with Crippen LogP contribution < -0.4 is 5.73 Å². The molecule has 0 bridgehead atoms. The summed E-state index contributed by atoms with van der Waals surface area (Å²) >= 11 is 2.47. The highest BCUT2D eigenvalue weighted by Crippen LogP contribution is 2.37.